The molecule has 1 atom stereocenters. The summed E-state index contributed by atoms with van der Waals surface area (Å²) in [4.78, 5) is 2.33. The van der Waals surface area contributed by atoms with Crippen molar-refractivity contribution < 1.29 is 5.11 Å². The van der Waals surface area contributed by atoms with E-state index in [-0.39, 0.29) is 6.10 Å². The van der Waals surface area contributed by atoms with E-state index in [1.54, 1.807) is 0 Å². The van der Waals surface area contributed by atoms with Gasteiger partial charge in [0.1, 0.15) is 0 Å². The lowest BCUT2D eigenvalue weighted by atomic mass is 10.1. The molecule has 13 heavy (non-hydrogen) atoms. The van der Waals surface area contributed by atoms with Crippen LogP contribution in [0.1, 0.15) is 40.5 Å². The molecule has 0 saturated carbocycles. The van der Waals surface area contributed by atoms with E-state index in [1.807, 2.05) is 0 Å². The number of likely N-dealkylation sites (N-methyl/N-ethyl adjacent to an activating group) is 1. The molecule has 0 saturated heterocycles. The molecule has 0 rings (SSSR count). The maximum absolute atomic E-state index is 9.69. The fourth-order valence-corrected chi connectivity index (χ4v) is 1.24. The molecule has 0 aromatic heterocycles. The summed E-state index contributed by atoms with van der Waals surface area (Å²) in [5.74, 6) is 0.371. The summed E-state index contributed by atoms with van der Waals surface area (Å²) in [5.41, 5.74) is 0. The molecule has 2 nitrogen and oxygen atoms in total. The lowest BCUT2D eigenvalue weighted by Crippen LogP contribution is -2.35. The highest BCUT2D eigenvalue weighted by atomic mass is 16.3. The van der Waals surface area contributed by atoms with E-state index >= 15 is 0 Å². The van der Waals surface area contributed by atoms with Crippen LogP contribution in [0.4, 0.5) is 0 Å². The lowest BCUT2D eigenvalue weighted by Gasteiger charge is -2.25. The van der Waals surface area contributed by atoms with Gasteiger partial charge in [0.05, 0.1) is 6.10 Å². The normalized spacial score (nSPS) is 14.1. The first-order chi connectivity index (χ1) is 6.11. The van der Waals surface area contributed by atoms with E-state index in [9.17, 15) is 5.11 Å². The molecular formula is C11H25NO. The van der Waals surface area contributed by atoms with E-state index in [4.69, 9.17) is 0 Å². The number of hydrogen-bond acceptors (Lipinski definition) is 2. The molecule has 1 unspecified atom stereocenters. The molecular weight excluding hydrogens is 162 g/mol. The Morgan fingerprint density at radius 2 is 1.85 bits per heavy atom. The van der Waals surface area contributed by atoms with Crippen molar-refractivity contribution >= 4 is 0 Å². The largest absolute Gasteiger partial charge is 0.392 e. The Bertz CT molecular complexity index is 115. The van der Waals surface area contributed by atoms with Gasteiger partial charge < -0.3 is 10.0 Å². The third-order valence-electron chi connectivity index (χ3n) is 2.49. The van der Waals surface area contributed by atoms with Crippen LogP contribution < -0.4 is 0 Å². The van der Waals surface area contributed by atoms with Gasteiger partial charge in [-0.2, -0.15) is 0 Å². The maximum Gasteiger partial charge on any atom is 0.0689 e. The van der Waals surface area contributed by atoms with Gasteiger partial charge in [0.15, 0.2) is 0 Å². The van der Waals surface area contributed by atoms with Crippen LogP contribution in [-0.2, 0) is 0 Å². The van der Waals surface area contributed by atoms with Gasteiger partial charge >= 0.3 is 0 Å². The van der Waals surface area contributed by atoms with E-state index in [2.05, 4.69) is 32.6 Å². The molecule has 0 aromatic rings. The quantitative estimate of drug-likeness (QED) is 0.660. The topological polar surface area (TPSA) is 23.5 Å². The number of hydrogen-bond donors (Lipinski definition) is 1. The Hall–Kier alpha value is -0.0800. The highest BCUT2D eigenvalue weighted by Gasteiger charge is 2.12. The Morgan fingerprint density at radius 1 is 1.23 bits per heavy atom. The van der Waals surface area contributed by atoms with Crippen molar-refractivity contribution in [1.82, 2.24) is 4.90 Å². The van der Waals surface area contributed by atoms with Gasteiger partial charge in [0, 0.05) is 6.54 Å². The molecule has 0 bridgehead atoms. The monoisotopic (exact) mass is 187 g/mol. The van der Waals surface area contributed by atoms with E-state index in [0.29, 0.717) is 5.92 Å². The average Bonchev–Trinajstić information content (AvgIpc) is 2.11. The molecule has 0 amide bonds. The van der Waals surface area contributed by atoms with Crippen LogP contribution in [0.25, 0.3) is 0 Å². The SMILES string of the molecule is CCCCN(CC)CC(O)C(C)C. The average molecular weight is 187 g/mol. The first kappa shape index (κ1) is 12.9. The van der Waals surface area contributed by atoms with Gasteiger partial charge in [-0.15, -0.1) is 0 Å². The second-order valence-electron chi connectivity index (χ2n) is 4.06. The van der Waals surface area contributed by atoms with Gasteiger partial charge in [0.25, 0.3) is 0 Å². The van der Waals surface area contributed by atoms with Crippen LogP contribution >= 0.6 is 0 Å². The van der Waals surface area contributed by atoms with Gasteiger partial charge in [-0.05, 0) is 25.4 Å². The minimum absolute atomic E-state index is 0.170. The molecule has 80 valence electrons. The Morgan fingerprint density at radius 3 is 2.23 bits per heavy atom. The highest BCUT2D eigenvalue weighted by molar-refractivity contribution is 4.66. The van der Waals surface area contributed by atoms with Gasteiger partial charge in [-0.25, -0.2) is 0 Å². The van der Waals surface area contributed by atoms with Crippen molar-refractivity contribution in [3.63, 3.8) is 0 Å². The lowest BCUT2D eigenvalue weighted by molar-refractivity contribution is 0.0778. The minimum Gasteiger partial charge on any atom is -0.392 e. The summed E-state index contributed by atoms with van der Waals surface area (Å²) in [6, 6.07) is 0. The predicted molar refractivity (Wildman–Crippen MR) is 57.9 cm³/mol. The van der Waals surface area contributed by atoms with Crippen LogP contribution in [-0.4, -0.2) is 35.7 Å². The Kier molecular flexibility index (Phi) is 7.29. The number of nitrogens with zero attached hydrogens (tertiary/aromatic N) is 1. The van der Waals surface area contributed by atoms with Crippen molar-refractivity contribution in [2.45, 2.75) is 46.6 Å². The van der Waals surface area contributed by atoms with Crippen molar-refractivity contribution in [3.05, 3.63) is 0 Å². The summed E-state index contributed by atoms with van der Waals surface area (Å²) >= 11 is 0. The van der Waals surface area contributed by atoms with E-state index in [1.165, 1.54) is 12.8 Å². The zero-order valence-corrected chi connectivity index (χ0v) is 9.58. The molecule has 0 aromatic carbocycles. The molecule has 0 radical (unpaired) electrons. The zero-order chi connectivity index (χ0) is 10.3. The zero-order valence-electron chi connectivity index (χ0n) is 9.58. The number of unbranched alkanes of at least 4 members (excludes halogenated alkanes) is 1. The summed E-state index contributed by atoms with van der Waals surface area (Å²) < 4.78 is 0. The smallest absolute Gasteiger partial charge is 0.0689 e. The van der Waals surface area contributed by atoms with Crippen LogP contribution in [0.15, 0.2) is 0 Å². The van der Waals surface area contributed by atoms with Crippen LogP contribution in [0.3, 0.4) is 0 Å². The van der Waals surface area contributed by atoms with Gasteiger partial charge in [-0.1, -0.05) is 34.1 Å². The summed E-state index contributed by atoms with van der Waals surface area (Å²) in [6.07, 6.45) is 2.30. The summed E-state index contributed by atoms with van der Waals surface area (Å²) in [6.45, 7) is 11.5. The second-order valence-corrected chi connectivity index (χ2v) is 4.06. The molecule has 0 aliphatic heterocycles. The number of rotatable bonds is 7. The molecule has 1 N–H and O–H groups in total. The molecule has 0 aliphatic carbocycles. The predicted octanol–water partition coefficient (Wildman–Crippen LogP) is 2.13. The Balaban J connectivity index is 3.69. The minimum atomic E-state index is -0.170. The summed E-state index contributed by atoms with van der Waals surface area (Å²) in [7, 11) is 0. The Labute approximate surface area is 82.9 Å². The van der Waals surface area contributed by atoms with E-state index in [0.717, 1.165) is 19.6 Å². The van der Waals surface area contributed by atoms with Crippen molar-refractivity contribution in [2.24, 2.45) is 5.92 Å². The molecule has 2 heteroatoms. The fourth-order valence-electron chi connectivity index (χ4n) is 1.24. The van der Waals surface area contributed by atoms with Gasteiger partial charge in [-0.3, -0.25) is 0 Å². The number of aliphatic hydroxyl groups is 1. The first-order valence-corrected chi connectivity index (χ1v) is 5.52. The van der Waals surface area contributed by atoms with Crippen molar-refractivity contribution in [2.75, 3.05) is 19.6 Å². The first-order valence-electron chi connectivity index (χ1n) is 5.52. The van der Waals surface area contributed by atoms with Crippen molar-refractivity contribution in [3.8, 4) is 0 Å². The molecule has 0 spiro atoms. The standard InChI is InChI=1S/C11H25NO/c1-5-7-8-12(6-2)9-11(13)10(3)4/h10-11,13H,5-9H2,1-4H3. The fraction of sp³-hybridized carbons (Fsp3) is 1.00. The third kappa shape index (κ3) is 6.05. The summed E-state index contributed by atoms with van der Waals surface area (Å²) in [5, 5.41) is 9.69. The van der Waals surface area contributed by atoms with Crippen LogP contribution in [0.2, 0.25) is 0 Å². The molecule has 0 heterocycles. The molecule has 0 aliphatic rings. The van der Waals surface area contributed by atoms with Crippen molar-refractivity contribution in [1.29, 1.82) is 0 Å². The molecule has 0 fully saturated rings. The third-order valence-corrected chi connectivity index (χ3v) is 2.49. The number of aliphatic hydroxyl groups excluding tert-OH is 1. The highest BCUT2D eigenvalue weighted by Crippen LogP contribution is 2.04. The van der Waals surface area contributed by atoms with E-state index < -0.39 is 0 Å². The second kappa shape index (κ2) is 7.34. The van der Waals surface area contributed by atoms with Gasteiger partial charge in [0.2, 0.25) is 0 Å². The maximum atomic E-state index is 9.69. The van der Waals surface area contributed by atoms with Crippen LogP contribution in [0.5, 0.6) is 0 Å². The van der Waals surface area contributed by atoms with Crippen LogP contribution in [0, 0.1) is 5.92 Å².